The summed E-state index contributed by atoms with van der Waals surface area (Å²) in [6.45, 7) is 2.52. The molecule has 1 N–H and O–H groups in total. The molecule has 0 aliphatic carbocycles. The summed E-state index contributed by atoms with van der Waals surface area (Å²) < 4.78 is 7.22. The molecule has 0 radical (unpaired) electrons. The number of aromatic nitrogens is 3. The number of benzene rings is 1. The van der Waals surface area contributed by atoms with Crippen molar-refractivity contribution in [3.8, 4) is 5.88 Å². The zero-order valence-corrected chi connectivity index (χ0v) is 17.7. The van der Waals surface area contributed by atoms with Gasteiger partial charge in [-0.25, -0.2) is 9.97 Å². The van der Waals surface area contributed by atoms with E-state index in [1.54, 1.807) is 25.7 Å². The second-order valence-corrected chi connectivity index (χ2v) is 7.84. The first-order valence-corrected chi connectivity index (χ1v) is 10.6. The Labute approximate surface area is 181 Å². The first-order valence-electron chi connectivity index (χ1n) is 10.6. The Morgan fingerprint density at radius 2 is 2.16 bits per heavy atom. The quantitative estimate of drug-likeness (QED) is 0.633. The van der Waals surface area contributed by atoms with Crippen molar-refractivity contribution < 1.29 is 14.3 Å². The predicted octanol–water partition coefficient (Wildman–Crippen LogP) is 2.50. The van der Waals surface area contributed by atoms with Crippen LogP contribution in [-0.4, -0.2) is 58.0 Å². The average molecular weight is 422 g/mol. The van der Waals surface area contributed by atoms with Crippen molar-refractivity contribution >= 4 is 22.7 Å². The zero-order chi connectivity index (χ0) is 21.6. The molecule has 1 aromatic carbocycles. The Morgan fingerprint density at radius 3 is 2.97 bits per heavy atom. The van der Waals surface area contributed by atoms with E-state index in [-0.39, 0.29) is 17.7 Å². The maximum atomic E-state index is 13.3. The van der Waals surface area contributed by atoms with Gasteiger partial charge in [0.1, 0.15) is 0 Å². The van der Waals surface area contributed by atoms with Crippen LogP contribution in [0.4, 0.5) is 0 Å². The van der Waals surface area contributed by atoms with E-state index < -0.39 is 0 Å². The van der Waals surface area contributed by atoms with E-state index in [2.05, 4.69) is 15.3 Å². The normalized spacial score (nSPS) is 16.3. The first kappa shape index (κ1) is 20.8. The van der Waals surface area contributed by atoms with Crippen LogP contribution in [0, 0.1) is 5.92 Å². The summed E-state index contributed by atoms with van der Waals surface area (Å²) in [6, 6.07) is 9.29. The van der Waals surface area contributed by atoms with E-state index in [1.807, 2.05) is 39.9 Å². The van der Waals surface area contributed by atoms with Gasteiger partial charge in [-0.3, -0.25) is 9.59 Å². The van der Waals surface area contributed by atoms with Crippen molar-refractivity contribution in [1.29, 1.82) is 0 Å². The van der Waals surface area contributed by atoms with Crippen LogP contribution in [-0.2, 0) is 11.3 Å². The molecule has 1 aliphatic heterocycles. The molecule has 1 saturated heterocycles. The first-order chi connectivity index (χ1) is 15.1. The number of carbonyl (C=O) groups is 2. The summed E-state index contributed by atoms with van der Waals surface area (Å²) in [7, 11) is 1.55. The number of likely N-dealkylation sites (tertiary alicyclic amines) is 1. The van der Waals surface area contributed by atoms with Crippen LogP contribution in [0.5, 0.6) is 5.88 Å². The van der Waals surface area contributed by atoms with Crippen molar-refractivity contribution in [3.05, 3.63) is 54.6 Å². The van der Waals surface area contributed by atoms with Crippen molar-refractivity contribution in [2.45, 2.75) is 25.8 Å². The molecule has 1 aliphatic rings. The summed E-state index contributed by atoms with van der Waals surface area (Å²) in [5.74, 6) is 0.561. The van der Waals surface area contributed by atoms with E-state index in [0.717, 1.165) is 23.7 Å². The third kappa shape index (κ3) is 5.02. The third-order valence-electron chi connectivity index (χ3n) is 5.66. The van der Waals surface area contributed by atoms with Crippen LogP contribution in [0.25, 0.3) is 10.9 Å². The molecule has 0 spiro atoms. The van der Waals surface area contributed by atoms with Crippen molar-refractivity contribution in [2.75, 3.05) is 26.7 Å². The topological polar surface area (TPSA) is 89.4 Å². The summed E-state index contributed by atoms with van der Waals surface area (Å²) >= 11 is 0. The number of hydrogen-bond acceptors (Lipinski definition) is 5. The molecule has 1 fully saturated rings. The highest BCUT2D eigenvalue weighted by molar-refractivity contribution is 6.06. The van der Waals surface area contributed by atoms with Gasteiger partial charge in [0, 0.05) is 56.4 Å². The summed E-state index contributed by atoms with van der Waals surface area (Å²) in [4.78, 5) is 36.0. The van der Waals surface area contributed by atoms with Gasteiger partial charge in [0.15, 0.2) is 0 Å². The number of nitrogens with one attached hydrogen (secondary N) is 1. The Balaban J connectivity index is 1.38. The highest BCUT2D eigenvalue weighted by Gasteiger charge is 2.27. The van der Waals surface area contributed by atoms with E-state index in [1.165, 1.54) is 0 Å². The molecule has 0 unspecified atom stereocenters. The minimum atomic E-state index is -0.0397. The van der Waals surface area contributed by atoms with Gasteiger partial charge in [0.25, 0.3) is 5.91 Å². The molecule has 3 aromatic rings. The van der Waals surface area contributed by atoms with Crippen LogP contribution in [0.1, 0.15) is 29.6 Å². The highest BCUT2D eigenvalue weighted by atomic mass is 16.5. The number of hydrogen-bond donors (Lipinski definition) is 1. The molecule has 2 amide bonds. The fraction of sp³-hybridized carbons (Fsp3) is 0.391. The van der Waals surface area contributed by atoms with E-state index >= 15 is 0 Å². The standard InChI is InChI=1S/C23H27N5O3/c1-31-22-14-19(18-6-2-3-7-20(18)26-22)23(30)28-10-4-5-17(15-28)13-21(29)25-9-12-27-11-8-24-16-27/h2-3,6-8,11,14,16-17H,4-5,9-10,12-13,15H2,1H3,(H,25,29)/t17-/m0/s1. The van der Waals surface area contributed by atoms with Crippen LogP contribution in [0.15, 0.2) is 49.1 Å². The number of amides is 2. The van der Waals surface area contributed by atoms with Crippen LogP contribution in [0.2, 0.25) is 0 Å². The number of para-hydroxylation sites is 1. The minimum absolute atomic E-state index is 0.0236. The molecule has 1 atom stereocenters. The number of carbonyl (C=O) groups excluding carboxylic acids is 2. The molecule has 0 bridgehead atoms. The van der Waals surface area contributed by atoms with Crippen LogP contribution in [0.3, 0.4) is 0 Å². The molecular weight excluding hydrogens is 394 g/mol. The maximum Gasteiger partial charge on any atom is 0.254 e. The summed E-state index contributed by atoms with van der Waals surface area (Å²) in [6.07, 6.45) is 7.58. The van der Waals surface area contributed by atoms with Gasteiger partial charge < -0.3 is 19.5 Å². The lowest BCUT2D eigenvalue weighted by molar-refractivity contribution is -0.122. The Bertz CT molecular complexity index is 1050. The number of rotatable bonds is 7. The number of ether oxygens (including phenoxy) is 1. The maximum absolute atomic E-state index is 13.3. The molecule has 2 aromatic heterocycles. The monoisotopic (exact) mass is 421 g/mol. The average Bonchev–Trinajstić information content (AvgIpc) is 3.31. The van der Waals surface area contributed by atoms with E-state index in [4.69, 9.17) is 4.74 Å². The molecule has 8 heteroatoms. The fourth-order valence-electron chi connectivity index (χ4n) is 4.10. The second kappa shape index (κ2) is 9.59. The van der Waals surface area contributed by atoms with Crippen molar-refractivity contribution in [3.63, 3.8) is 0 Å². The molecule has 3 heterocycles. The Kier molecular flexibility index (Phi) is 6.45. The van der Waals surface area contributed by atoms with Gasteiger partial charge in [-0.15, -0.1) is 0 Å². The minimum Gasteiger partial charge on any atom is -0.481 e. The summed E-state index contributed by atoms with van der Waals surface area (Å²) in [5.41, 5.74) is 1.32. The SMILES string of the molecule is COc1cc(C(=O)N2CCC[C@@H](CC(=O)NCCn3ccnc3)C2)c2ccccc2n1. The molecular formula is C23H27N5O3. The van der Waals surface area contributed by atoms with Gasteiger partial charge in [-0.1, -0.05) is 18.2 Å². The largest absolute Gasteiger partial charge is 0.481 e. The molecule has 31 heavy (non-hydrogen) atoms. The number of imidazole rings is 1. The third-order valence-corrected chi connectivity index (χ3v) is 5.66. The second-order valence-electron chi connectivity index (χ2n) is 7.84. The Hall–Kier alpha value is -3.42. The predicted molar refractivity (Wildman–Crippen MR) is 117 cm³/mol. The highest BCUT2D eigenvalue weighted by Crippen LogP contribution is 2.26. The Morgan fingerprint density at radius 1 is 1.29 bits per heavy atom. The van der Waals surface area contributed by atoms with Gasteiger partial charge in [0.2, 0.25) is 11.8 Å². The number of piperidine rings is 1. The van der Waals surface area contributed by atoms with Gasteiger partial charge in [-0.2, -0.15) is 0 Å². The number of nitrogens with zero attached hydrogens (tertiary/aromatic N) is 4. The van der Waals surface area contributed by atoms with E-state index in [9.17, 15) is 9.59 Å². The number of fused-ring (bicyclic) bond motifs is 1. The number of methoxy groups -OCH3 is 1. The lowest BCUT2D eigenvalue weighted by Crippen LogP contribution is -2.41. The fourth-order valence-corrected chi connectivity index (χ4v) is 4.10. The van der Waals surface area contributed by atoms with Crippen LogP contribution >= 0.6 is 0 Å². The lowest BCUT2D eigenvalue weighted by Gasteiger charge is -2.33. The van der Waals surface area contributed by atoms with Gasteiger partial charge >= 0.3 is 0 Å². The summed E-state index contributed by atoms with van der Waals surface area (Å²) in [5, 5.41) is 3.78. The zero-order valence-electron chi connectivity index (χ0n) is 17.7. The number of pyridine rings is 1. The lowest BCUT2D eigenvalue weighted by atomic mass is 9.93. The van der Waals surface area contributed by atoms with Gasteiger partial charge in [-0.05, 0) is 24.8 Å². The molecule has 162 valence electrons. The molecule has 8 nitrogen and oxygen atoms in total. The van der Waals surface area contributed by atoms with E-state index in [0.29, 0.717) is 44.0 Å². The smallest absolute Gasteiger partial charge is 0.254 e. The van der Waals surface area contributed by atoms with Gasteiger partial charge in [0.05, 0.1) is 24.5 Å². The van der Waals surface area contributed by atoms with Crippen molar-refractivity contribution in [1.82, 2.24) is 24.8 Å². The van der Waals surface area contributed by atoms with Crippen molar-refractivity contribution in [2.24, 2.45) is 5.92 Å². The van der Waals surface area contributed by atoms with Crippen LogP contribution < -0.4 is 10.1 Å². The molecule has 4 rings (SSSR count). The molecule has 0 saturated carbocycles.